The molecule has 0 fully saturated rings. The number of benzene rings is 2. The summed E-state index contributed by atoms with van der Waals surface area (Å²) in [5, 5.41) is 0. The Morgan fingerprint density at radius 2 is 1.75 bits per heavy atom. The van der Waals surface area contributed by atoms with E-state index in [1.807, 2.05) is 0 Å². The highest BCUT2D eigenvalue weighted by atomic mass is 14.2. The molecule has 0 aromatic heterocycles. The van der Waals surface area contributed by atoms with Gasteiger partial charge in [0.2, 0.25) is 0 Å². The first-order valence-electron chi connectivity index (χ1n) is 6.09. The SMILES string of the molecule is CCCc1cccc2c1Cc1ccccc1-2. The molecule has 80 valence electrons. The molecule has 0 aliphatic heterocycles. The molecule has 3 rings (SSSR count). The van der Waals surface area contributed by atoms with E-state index >= 15 is 0 Å². The molecule has 0 radical (unpaired) electrons. The van der Waals surface area contributed by atoms with Crippen molar-refractivity contribution in [3.63, 3.8) is 0 Å². The van der Waals surface area contributed by atoms with Crippen molar-refractivity contribution in [1.29, 1.82) is 0 Å². The molecule has 0 bridgehead atoms. The van der Waals surface area contributed by atoms with Crippen LogP contribution in [0.2, 0.25) is 0 Å². The van der Waals surface area contributed by atoms with Gasteiger partial charge in [-0.25, -0.2) is 0 Å². The van der Waals surface area contributed by atoms with Gasteiger partial charge in [0.15, 0.2) is 0 Å². The van der Waals surface area contributed by atoms with E-state index < -0.39 is 0 Å². The lowest BCUT2D eigenvalue weighted by Crippen LogP contribution is -1.91. The average molecular weight is 208 g/mol. The first-order chi connectivity index (χ1) is 7.90. The molecular weight excluding hydrogens is 192 g/mol. The fraction of sp³-hybridized carbons (Fsp3) is 0.250. The van der Waals surface area contributed by atoms with Gasteiger partial charge in [-0.1, -0.05) is 55.8 Å². The first kappa shape index (κ1) is 9.65. The van der Waals surface area contributed by atoms with Crippen molar-refractivity contribution in [3.05, 3.63) is 59.2 Å². The molecular formula is C16H16. The Bertz CT molecular complexity index is 523. The molecule has 1 aliphatic rings. The van der Waals surface area contributed by atoms with E-state index in [4.69, 9.17) is 0 Å². The smallest absolute Gasteiger partial charge is 0.00107 e. The summed E-state index contributed by atoms with van der Waals surface area (Å²) in [6, 6.07) is 15.5. The van der Waals surface area contributed by atoms with Crippen molar-refractivity contribution in [1.82, 2.24) is 0 Å². The van der Waals surface area contributed by atoms with Crippen LogP contribution < -0.4 is 0 Å². The molecule has 0 saturated heterocycles. The third kappa shape index (κ3) is 1.37. The lowest BCUT2D eigenvalue weighted by Gasteiger charge is -2.06. The molecule has 0 unspecified atom stereocenters. The topological polar surface area (TPSA) is 0 Å². The van der Waals surface area contributed by atoms with Gasteiger partial charge in [-0.3, -0.25) is 0 Å². The van der Waals surface area contributed by atoms with E-state index in [2.05, 4.69) is 49.4 Å². The summed E-state index contributed by atoms with van der Waals surface area (Å²) in [7, 11) is 0. The molecule has 0 amide bonds. The van der Waals surface area contributed by atoms with Crippen LogP contribution in [0, 0.1) is 0 Å². The maximum atomic E-state index is 2.29. The van der Waals surface area contributed by atoms with Crippen molar-refractivity contribution in [3.8, 4) is 11.1 Å². The molecule has 0 N–H and O–H groups in total. The van der Waals surface area contributed by atoms with E-state index in [0.717, 1.165) is 6.42 Å². The first-order valence-corrected chi connectivity index (χ1v) is 6.09. The van der Waals surface area contributed by atoms with Gasteiger partial charge in [0.05, 0.1) is 0 Å². The Kier molecular flexibility index (Phi) is 2.28. The van der Waals surface area contributed by atoms with Gasteiger partial charge in [0, 0.05) is 0 Å². The van der Waals surface area contributed by atoms with Crippen LogP contribution in [0.4, 0.5) is 0 Å². The standard InChI is InChI=1S/C16H16/c1-2-6-12-8-5-10-15-14-9-4-3-7-13(14)11-16(12)15/h3-5,7-10H,2,6,11H2,1H3. The van der Waals surface area contributed by atoms with Gasteiger partial charge in [-0.2, -0.15) is 0 Å². The quantitative estimate of drug-likeness (QED) is 0.591. The van der Waals surface area contributed by atoms with E-state index in [1.165, 1.54) is 35.1 Å². The predicted octanol–water partition coefficient (Wildman–Crippen LogP) is 4.21. The highest BCUT2D eigenvalue weighted by molar-refractivity contribution is 5.77. The highest BCUT2D eigenvalue weighted by Crippen LogP contribution is 2.38. The number of hydrogen-bond donors (Lipinski definition) is 0. The minimum atomic E-state index is 1.13. The number of hydrogen-bond acceptors (Lipinski definition) is 0. The van der Waals surface area contributed by atoms with Crippen LogP contribution in [0.5, 0.6) is 0 Å². The lowest BCUT2D eigenvalue weighted by atomic mass is 9.98. The summed E-state index contributed by atoms with van der Waals surface area (Å²) in [5.74, 6) is 0. The van der Waals surface area contributed by atoms with Crippen LogP contribution >= 0.6 is 0 Å². The average Bonchev–Trinajstić information content (AvgIpc) is 2.69. The summed E-state index contributed by atoms with van der Waals surface area (Å²) in [6.45, 7) is 2.25. The summed E-state index contributed by atoms with van der Waals surface area (Å²) in [4.78, 5) is 0. The Balaban J connectivity index is 2.16. The maximum Gasteiger partial charge on any atom is -0.00107 e. The van der Waals surface area contributed by atoms with E-state index in [-0.39, 0.29) is 0 Å². The number of fused-ring (bicyclic) bond motifs is 3. The Morgan fingerprint density at radius 1 is 0.938 bits per heavy atom. The molecule has 16 heavy (non-hydrogen) atoms. The zero-order valence-electron chi connectivity index (χ0n) is 9.66. The zero-order valence-corrected chi connectivity index (χ0v) is 9.66. The Labute approximate surface area is 96.9 Å². The number of rotatable bonds is 2. The molecule has 0 saturated carbocycles. The second-order valence-corrected chi connectivity index (χ2v) is 4.53. The Morgan fingerprint density at radius 3 is 2.62 bits per heavy atom. The molecule has 0 heteroatoms. The van der Waals surface area contributed by atoms with Gasteiger partial charge >= 0.3 is 0 Å². The van der Waals surface area contributed by atoms with Crippen molar-refractivity contribution in [2.75, 3.05) is 0 Å². The van der Waals surface area contributed by atoms with Crippen molar-refractivity contribution < 1.29 is 0 Å². The van der Waals surface area contributed by atoms with Crippen LogP contribution in [-0.2, 0) is 12.8 Å². The monoisotopic (exact) mass is 208 g/mol. The van der Waals surface area contributed by atoms with Gasteiger partial charge < -0.3 is 0 Å². The highest BCUT2D eigenvalue weighted by Gasteiger charge is 2.19. The van der Waals surface area contributed by atoms with Crippen LogP contribution in [-0.4, -0.2) is 0 Å². The van der Waals surface area contributed by atoms with Crippen LogP contribution in [0.25, 0.3) is 11.1 Å². The van der Waals surface area contributed by atoms with Gasteiger partial charge in [0.25, 0.3) is 0 Å². The zero-order chi connectivity index (χ0) is 11.0. The van der Waals surface area contributed by atoms with Gasteiger partial charge in [0.1, 0.15) is 0 Å². The molecule has 2 aromatic carbocycles. The number of aryl methyl sites for hydroxylation is 1. The van der Waals surface area contributed by atoms with Crippen molar-refractivity contribution in [2.24, 2.45) is 0 Å². The van der Waals surface area contributed by atoms with E-state index in [0.29, 0.717) is 0 Å². The minimum absolute atomic E-state index is 1.13. The maximum absolute atomic E-state index is 2.29. The van der Waals surface area contributed by atoms with Crippen molar-refractivity contribution in [2.45, 2.75) is 26.2 Å². The molecule has 1 aliphatic carbocycles. The fourth-order valence-corrected chi connectivity index (χ4v) is 2.73. The van der Waals surface area contributed by atoms with Crippen LogP contribution in [0.3, 0.4) is 0 Å². The lowest BCUT2D eigenvalue weighted by molar-refractivity contribution is 0.908. The normalized spacial score (nSPS) is 12.3. The van der Waals surface area contributed by atoms with E-state index in [9.17, 15) is 0 Å². The minimum Gasteiger partial charge on any atom is -0.0651 e. The molecule has 2 aromatic rings. The second kappa shape index (κ2) is 3.79. The summed E-state index contributed by atoms with van der Waals surface area (Å²) in [6.07, 6.45) is 3.56. The van der Waals surface area contributed by atoms with Gasteiger partial charge in [-0.15, -0.1) is 0 Å². The predicted molar refractivity (Wildman–Crippen MR) is 68.7 cm³/mol. The van der Waals surface area contributed by atoms with E-state index in [1.54, 1.807) is 5.56 Å². The second-order valence-electron chi connectivity index (χ2n) is 4.53. The summed E-state index contributed by atoms with van der Waals surface area (Å²) >= 11 is 0. The molecule has 0 spiro atoms. The fourth-order valence-electron chi connectivity index (χ4n) is 2.73. The molecule has 0 heterocycles. The summed E-state index contributed by atoms with van der Waals surface area (Å²) < 4.78 is 0. The summed E-state index contributed by atoms with van der Waals surface area (Å²) in [5.41, 5.74) is 7.49. The molecule has 0 atom stereocenters. The third-order valence-corrected chi connectivity index (χ3v) is 3.47. The third-order valence-electron chi connectivity index (χ3n) is 3.47. The largest absolute Gasteiger partial charge is 0.0651 e. The van der Waals surface area contributed by atoms with Crippen molar-refractivity contribution >= 4 is 0 Å². The van der Waals surface area contributed by atoms with Crippen LogP contribution in [0.1, 0.15) is 30.0 Å². The molecule has 0 nitrogen and oxygen atoms in total. The van der Waals surface area contributed by atoms with Crippen LogP contribution in [0.15, 0.2) is 42.5 Å². The Hall–Kier alpha value is -1.56. The van der Waals surface area contributed by atoms with Gasteiger partial charge in [-0.05, 0) is 40.7 Å².